The van der Waals surface area contributed by atoms with E-state index in [1.54, 1.807) is 30.3 Å². The first-order valence-corrected chi connectivity index (χ1v) is 13.3. The van der Waals surface area contributed by atoms with Gasteiger partial charge in [0.1, 0.15) is 0 Å². The highest BCUT2D eigenvalue weighted by atomic mass is 15.0. The molecule has 2 nitrogen and oxygen atoms in total. The van der Waals surface area contributed by atoms with Crippen molar-refractivity contribution in [3.63, 3.8) is 0 Å². The van der Waals surface area contributed by atoms with Gasteiger partial charge in [0, 0.05) is 32.9 Å². The lowest BCUT2D eigenvalue weighted by Crippen LogP contribution is -1.93. The summed E-state index contributed by atoms with van der Waals surface area (Å²) >= 11 is 0. The Balaban J connectivity index is 1.47. The number of rotatable bonds is 4. The van der Waals surface area contributed by atoms with E-state index < -0.39 is 189 Å². The standard InChI is InChI=1S/C42H28N2/c1-3-11-29(12-4-1)30-19-23-34(24-20-30)44-40-18-10-8-16-36(40)38-28-32(22-26-42(38)44)31-21-25-41-37(27-31)35-15-7-9-17-39(35)43(41)33-13-5-2-6-14-33/h1-28H/i1D,3D,4D,7D,8D,9D,10D,11D,12D,15D,16D,17D,18D,19D,20D,21D,22D,23D,24D,25D,26D,27D,28D. The third-order valence-electron chi connectivity index (χ3n) is 7.17. The molecule has 0 unspecified atom stereocenters. The molecule has 2 heteroatoms. The van der Waals surface area contributed by atoms with Gasteiger partial charge in [0.2, 0.25) is 0 Å². The molecule has 0 aliphatic rings. The van der Waals surface area contributed by atoms with Gasteiger partial charge in [0.15, 0.2) is 0 Å². The maximum absolute atomic E-state index is 9.74. The fourth-order valence-electron chi connectivity index (χ4n) is 5.26. The SMILES string of the molecule is [2H]c1c([2H])c([2H])c(-c2c([2H])c([2H])c(-n3c4c([2H])c([2H])c([2H])c([2H])c4c4c([2H])c(-c5c([2H])c([2H])c6c(c5[2H])c5c([2H])c([2H])c([2H])c([2H])c5n6-c5ccccc5)c([2H])c([2H])c43)c([2H])c2[2H])c([2H])c1[2H]. The number of nitrogens with zero attached hydrogens (tertiary/aromatic N) is 2. The number of hydrogen-bond donors (Lipinski definition) is 0. The smallest absolute Gasteiger partial charge is 0.0645 e. The molecule has 0 spiro atoms. The predicted octanol–water partition coefficient (Wildman–Crippen LogP) is 11.2. The van der Waals surface area contributed by atoms with Gasteiger partial charge in [-0.2, -0.15) is 0 Å². The molecule has 7 aromatic carbocycles. The summed E-state index contributed by atoms with van der Waals surface area (Å²) < 4.78 is 207. The lowest BCUT2D eigenvalue weighted by Gasteiger charge is -2.10. The molecular weight excluding hydrogens is 532 g/mol. The summed E-state index contributed by atoms with van der Waals surface area (Å²) in [5.74, 6) is 0. The summed E-state index contributed by atoms with van der Waals surface area (Å²) in [6.07, 6.45) is 0. The molecule has 2 heterocycles. The molecule has 0 atom stereocenters. The summed E-state index contributed by atoms with van der Waals surface area (Å²) in [5.41, 5.74) is -4.61. The normalized spacial score (nSPS) is 19.0. The molecule has 206 valence electrons. The Kier molecular flexibility index (Phi) is 2.47. The Bertz CT molecular complexity index is 3720. The van der Waals surface area contributed by atoms with Crippen LogP contribution in [0, 0.1) is 0 Å². The van der Waals surface area contributed by atoms with Crippen LogP contribution in [0.1, 0.15) is 31.5 Å². The third-order valence-corrected chi connectivity index (χ3v) is 7.17. The van der Waals surface area contributed by atoms with Gasteiger partial charge in [-0.1, -0.05) is 109 Å². The van der Waals surface area contributed by atoms with Crippen LogP contribution in [0.15, 0.2) is 169 Å². The van der Waals surface area contributed by atoms with E-state index in [2.05, 4.69) is 0 Å². The van der Waals surface area contributed by atoms with Crippen LogP contribution < -0.4 is 0 Å². The van der Waals surface area contributed by atoms with Crippen LogP contribution in [0.4, 0.5) is 0 Å². The Hall–Kier alpha value is -5.86. The second kappa shape index (κ2) is 9.86. The van der Waals surface area contributed by atoms with Crippen LogP contribution in [-0.2, 0) is 0 Å². The predicted molar refractivity (Wildman–Crippen MR) is 186 cm³/mol. The first-order chi connectivity index (χ1) is 31.4. The highest BCUT2D eigenvalue weighted by molar-refractivity contribution is 6.12. The van der Waals surface area contributed by atoms with Gasteiger partial charge in [-0.3, -0.25) is 0 Å². The van der Waals surface area contributed by atoms with Crippen LogP contribution in [0.5, 0.6) is 0 Å². The van der Waals surface area contributed by atoms with E-state index >= 15 is 0 Å². The average molecular weight is 584 g/mol. The average Bonchev–Trinajstić information content (AvgIpc) is 3.86. The number of hydrogen-bond acceptors (Lipinski definition) is 0. The zero-order chi connectivity index (χ0) is 49.1. The molecule has 44 heavy (non-hydrogen) atoms. The first kappa shape index (κ1) is 11.0. The van der Waals surface area contributed by atoms with Crippen molar-refractivity contribution in [2.75, 3.05) is 0 Å². The zero-order valence-electron chi connectivity index (χ0n) is 45.3. The molecule has 2 aromatic heterocycles. The van der Waals surface area contributed by atoms with Crippen LogP contribution >= 0.6 is 0 Å². The van der Waals surface area contributed by atoms with E-state index in [-0.39, 0.29) is 21.8 Å². The highest BCUT2D eigenvalue weighted by Gasteiger charge is 2.16. The molecular formula is C42H28N2. The summed E-state index contributed by atoms with van der Waals surface area (Å²) in [4.78, 5) is 0. The van der Waals surface area contributed by atoms with Gasteiger partial charge in [0.05, 0.1) is 53.6 Å². The van der Waals surface area contributed by atoms with Gasteiger partial charge in [-0.25, -0.2) is 0 Å². The molecule has 0 bridgehead atoms. The van der Waals surface area contributed by atoms with E-state index in [4.69, 9.17) is 20.6 Å². The van der Waals surface area contributed by atoms with Gasteiger partial charge >= 0.3 is 0 Å². The van der Waals surface area contributed by atoms with Gasteiger partial charge < -0.3 is 9.13 Å². The summed E-state index contributed by atoms with van der Waals surface area (Å²) in [7, 11) is 0. The van der Waals surface area contributed by atoms with E-state index in [1.165, 1.54) is 4.57 Å². The molecule has 0 aliphatic carbocycles. The highest BCUT2D eigenvalue weighted by Crippen LogP contribution is 2.38. The minimum absolute atomic E-state index is 0.142. The van der Waals surface area contributed by atoms with Crippen molar-refractivity contribution in [1.82, 2.24) is 9.13 Å². The molecule has 0 N–H and O–H groups in total. The van der Waals surface area contributed by atoms with Crippen LogP contribution in [0.25, 0.3) is 77.2 Å². The molecule has 0 fully saturated rings. The van der Waals surface area contributed by atoms with E-state index in [1.807, 2.05) is 0 Å². The zero-order valence-corrected chi connectivity index (χ0v) is 22.3. The summed E-state index contributed by atoms with van der Waals surface area (Å²) in [6, 6.07) is -10.4. The van der Waals surface area contributed by atoms with Crippen LogP contribution in [0.3, 0.4) is 0 Å². The lowest BCUT2D eigenvalue weighted by atomic mass is 10.0. The van der Waals surface area contributed by atoms with E-state index in [0.717, 1.165) is 4.57 Å². The Labute approximate surface area is 288 Å². The minimum atomic E-state index is -0.971. The largest absolute Gasteiger partial charge is 0.309 e. The molecule has 9 aromatic rings. The Morgan fingerprint density at radius 3 is 1.39 bits per heavy atom. The van der Waals surface area contributed by atoms with Crippen molar-refractivity contribution >= 4 is 43.6 Å². The topological polar surface area (TPSA) is 9.86 Å². The number of para-hydroxylation sites is 3. The van der Waals surface area contributed by atoms with Crippen molar-refractivity contribution in [2.24, 2.45) is 0 Å². The summed E-state index contributed by atoms with van der Waals surface area (Å²) in [6.45, 7) is 0. The molecule has 9 rings (SSSR count). The van der Waals surface area contributed by atoms with Crippen LogP contribution in [0.2, 0.25) is 0 Å². The van der Waals surface area contributed by atoms with Crippen molar-refractivity contribution in [1.29, 1.82) is 0 Å². The van der Waals surface area contributed by atoms with Gasteiger partial charge in [0.25, 0.3) is 0 Å². The van der Waals surface area contributed by atoms with Crippen molar-refractivity contribution in [3.05, 3.63) is 169 Å². The Morgan fingerprint density at radius 1 is 0.341 bits per heavy atom. The van der Waals surface area contributed by atoms with Crippen LogP contribution in [-0.4, -0.2) is 9.13 Å². The lowest BCUT2D eigenvalue weighted by molar-refractivity contribution is 1.18. The number of benzene rings is 7. The maximum atomic E-state index is 9.74. The van der Waals surface area contributed by atoms with Crippen molar-refractivity contribution in [2.45, 2.75) is 0 Å². The quantitative estimate of drug-likeness (QED) is 0.195. The fourth-order valence-corrected chi connectivity index (χ4v) is 5.26. The molecule has 0 amide bonds. The molecule has 0 aliphatic heterocycles. The van der Waals surface area contributed by atoms with Gasteiger partial charge in [-0.05, 0) is 82.7 Å². The van der Waals surface area contributed by atoms with E-state index in [0.29, 0.717) is 5.69 Å². The minimum Gasteiger partial charge on any atom is -0.309 e. The molecule has 0 saturated heterocycles. The first-order valence-electron chi connectivity index (χ1n) is 24.8. The second-order valence-corrected chi connectivity index (χ2v) is 9.62. The number of aromatic nitrogens is 2. The van der Waals surface area contributed by atoms with E-state index in [9.17, 15) is 11.0 Å². The molecule has 0 radical (unpaired) electrons. The fraction of sp³-hybridized carbons (Fsp3) is 0. The van der Waals surface area contributed by atoms with Crippen molar-refractivity contribution < 1.29 is 31.5 Å². The van der Waals surface area contributed by atoms with Gasteiger partial charge in [-0.15, -0.1) is 0 Å². The number of fused-ring (bicyclic) bond motifs is 6. The molecule has 0 saturated carbocycles. The Morgan fingerprint density at radius 2 is 0.795 bits per heavy atom. The van der Waals surface area contributed by atoms with Crippen molar-refractivity contribution in [3.8, 4) is 33.6 Å². The second-order valence-electron chi connectivity index (χ2n) is 9.62. The monoisotopic (exact) mass is 583 g/mol. The maximum Gasteiger partial charge on any atom is 0.0645 e. The summed E-state index contributed by atoms with van der Waals surface area (Å²) in [5, 5.41) is -1.52. The third kappa shape index (κ3) is 3.82.